The van der Waals surface area contributed by atoms with Gasteiger partial charge in [0.25, 0.3) is 5.91 Å². The Labute approximate surface area is 178 Å². The minimum Gasteiger partial charge on any atom is -0.314 e. The van der Waals surface area contributed by atoms with Crippen molar-refractivity contribution >= 4 is 11.6 Å². The van der Waals surface area contributed by atoms with Crippen molar-refractivity contribution in [1.82, 2.24) is 0 Å². The topological polar surface area (TPSA) is 20.3 Å². The van der Waals surface area contributed by atoms with Crippen LogP contribution >= 0.6 is 0 Å². The van der Waals surface area contributed by atoms with E-state index in [-0.39, 0.29) is 38.8 Å². The maximum Gasteiger partial charge on any atom is 0.285 e. The number of hydrogen-bond donors (Lipinski definition) is 0. The van der Waals surface area contributed by atoms with Crippen molar-refractivity contribution in [3.63, 3.8) is 0 Å². The fraction of sp³-hybridized carbons (Fsp3) is 0.667. The molecule has 0 aromatic heterocycles. The van der Waals surface area contributed by atoms with E-state index in [2.05, 4.69) is 44.7 Å². The first kappa shape index (κ1) is 21.1. The Balaban J connectivity index is 0.00000225. The number of anilines is 1. The van der Waals surface area contributed by atoms with Gasteiger partial charge in [-0.15, -0.1) is 0 Å². The van der Waals surface area contributed by atoms with Crippen LogP contribution in [0.1, 0.15) is 55.7 Å². The predicted octanol–water partition coefficient (Wildman–Crippen LogP) is 4.13. The molecule has 3 nitrogen and oxygen atoms in total. The molecule has 0 N–H and O–H groups in total. The molecule has 0 aliphatic carbocycles. The van der Waals surface area contributed by atoms with E-state index in [0.29, 0.717) is 5.91 Å². The standard InChI is InChI=1S/C21H33N2O.Y/c1-5-23(12-8-6-7-9-13-23)19-10-11-22(21(19)24)20-17(3)14-16(2)15-18(20)4;/h14-15,19H,5-13H2,1-4H3;/q+1;. The van der Waals surface area contributed by atoms with E-state index < -0.39 is 0 Å². The second-order valence-electron chi connectivity index (χ2n) is 7.94. The van der Waals surface area contributed by atoms with Crippen LogP contribution in [0.5, 0.6) is 0 Å². The quantitative estimate of drug-likeness (QED) is 0.677. The van der Waals surface area contributed by atoms with Gasteiger partial charge in [0.1, 0.15) is 0 Å². The van der Waals surface area contributed by atoms with E-state index in [0.717, 1.165) is 29.7 Å². The first-order valence-electron chi connectivity index (χ1n) is 9.73. The van der Waals surface area contributed by atoms with E-state index in [1.54, 1.807) is 0 Å². The second-order valence-corrected chi connectivity index (χ2v) is 7.94. The minimum absolute atomic E-state index is 0. The summed E-state index contributed by atoms with van der Waals surface area (Å²) < 4.78 is 1.03. The second kappa shape index (κ2) is 8.63. The third kappa shape index (κ3) is 4.04. The van der Waals surface area contributed by atoms with Gasteiger partial charge in [0.15, 0.2) is 6.04 Å². The van der Waals surface area contributed by atoms with Crippen molar-refractivity contribution in [3.8, 4) is 0 Å². The first-order valence-corrected chi connectivity index (χ1v) is 9.73. The predicted molar refractivity (Wildman–Crippen MR) is 100 cm³/mol. The number of nitrogens with zero attached hydrogens (tertiary/aromatic N) is 2. The number of likely N-dealkylation sites (tertiary alicyclic amines) is 1. The average molecular weight is 418 g/mol. The Morgan fingerprint density at radius 2 is 1.60 bits per heavy atom. The van der Waals surface area contributed by atoms with Gasteiger partial charge in [-0.05, 0) is 64.5 Å². The van der Waals surface area contributed by atoms with Crippen LogP contribution in [-0.4, -0.2) is 42.6 Å². The normalized spacial score (nSPS) is 23.3. The van der Waals surface area contributed by atoms with E-state index in [9.17, 15) is 4.79 Å². The summed E-state index contributed by atoms with van der Waals surface area (Å²) in [6.07, 6.45) is 6.24. The van der Waals surface area contributed by atoms with E-state index in [1.807, 2.05) is 0 Å². The average Bonchev–Trinajstić information content (AvgIpc) is 2.77. The van der Waals surface area contributed by atoms with Crippen LogP contribution in [-0.2, 0) is 37.5 Å². The summed E-state index contributed by atoms with van der Waals surface area (Å²) in [6.45, 7) is 13.1. The summed E-state index contributed by atoms with van der Waals surface area (Å²) in [7, 11) is 0. The molecule has 4 heteroatoms. The smallest absolute Gasteiger partial charge is 0.285 e. The summed E-state index contributed by atoms with van der Waals surface area (Å²) in [6, 6.07) is 4.59. The maximum atomic E-state index is 13.4. The van der Waals surface area contributed by atoms with E-state index in [1.165, 1.54) is 55.5 Å². The number of amides is 1. The van der Waals surface area contributed by atoms with Crippen molar-refractivity contribution in [1.29, 1.82) is 0 Å². The van der Waals surface area contributed by atoms with Gasteiger partial charge in [-0.2, -0.15) is 0 Å². The summed E-state index contributed by atoms with van der Waals surface area (Å²) >= 11 is 0. The summed E-state index contributed by atoms with van der Waals surface area (Å²) in [5.41, 5.74) is 4.92. The maximum absolute atomic E-state index is 13.4. The Morgan fingerprint density at radius 1 is 1.04 bits per heavy atom. The first-order chi connectivity index (χ1) is 11.5. The molecule has 2 fully saturated rings. The number of aryl methyl sites for hydroxylation is 3. The van der Waals surface area contributed by atoms with Crippen molar-refractivity contribution in [2.24, 2.45) is 0 Å². The molecular weight excluding hydrogens is 385 g/mol. The monoisotopic (exact) mass is 418 g/mol. The molecule has 1 radical (unpaired) electrons. The number of carbonyl (C=O) groups is 1. The molecule has 135 valence electrons. The molecule has 2 heterocycles. The zero-order chi connectivity index (χ0) is 17.3. The van der Waals surface area contributed by atoms with Crippen LogP contribution in [0, 0.1) is 20.8 Å². The molecule has 25 heavy (non-hydrogen) atoms. The van der Waals surface area contributed by atoms with Crippen molar-refractivity contribution in [3.05, 3.63) is 28.8 Å². The van der Waals surface area contributed by atoms with Crippen LogP contribution < -0.4 is 4.90 Å². The number of likely N-dealkylation sites (N-methyl/N-ethyl adjacent to an activating group) is 1. The Morgan fingerprint density at radius 3 is 2.12 bits per heavy atom. The molecule has 2 aliphatic heterocycles. The van der Waals surface area contributed by atoms with E-state index >= 15 is 0 Å². The van der Waals surface area contributed by atoms with Gasteiger partial charge in [0, 0.05) is 51.4 Å². The molecule has 1 aromatic carbocycles. The molecule has 1 aromatic rings. The van der Waals surface area contributed by atoms with Crippen molar-refractivity contribution in [2.45, 2.75) is 65.8 Å². The largest absolute Gasteiger partial charge is 0.314 e. The summed E-state index contributed by atoms with van der Waals surface area (Å²) in [4.78, 5) is 15.5. The molecule has 1 unspecified atom stereocenters. The molecule has 1 amide bonds. The SMILES string of the molecule is CC[N+]1(C2CCN(c3c(C)cc(C)cc3C)C2=O)CCCCCC1.[Y]. The van der Waals surface area contributed by atoms with Gasteiger partial charge < -0.3 is 9.38 Å². The van der Waals surface area contributed by atoms with E-state index in [4.69, 9.17) is 0 Å². The van der Waals surface area contributed by atoms with Crippen LogP contribution in [0.15, 0.2) is 12.1 Å². The number of rotatable bonds is 3. The number of benzene rings is 1. The Hall–Kier alpha value is -0.246. The van der Waals surface area contributed by atoms with Crippen LogP contribution in [0.25, 0.3) is 0 Å². The number of quaternary nitrogens is 1. The van der Waals surface area contributed by atoms with Crippen LogP contribution in [0.2, 0.25) is 0 Å². The number of hydrogen-bond acceptors (Lipinski definition) is 1. The summed E-state index contributed by atoms with van der Waals surface area (Å²) in [5, 5.41) is 0. The minimum atomic E-state index is 0. The summed E-state index contributed by atoms with van der Waals surface area (Å²) in [5.74, 6) is 0.369. The van der Waals surface area contributed by atoms with Gasteiger partial charge in [0.05, 0.1) is 19.6 Å². The molecule has 0 bridgehead atoms. The molecular formula is C21H33N2OY+. The van der Waals surface area contributed by atoms with Crippen LogP contribution in [0.4, 0.5) is 5.69 Å². The molecule has 2 saturated heterocycles. The van der Waals surface area contributed by atoms with Gasteiger partial charge in [-0.25, -0.2) is 0 Å². The van der Waals surface area contributed by atoms with Crippen molar-refractivity contribution < 1.29 is 42.0 Å². The van der Waals surface area contributed by atoms with Gasteiger partial charge >= 0.3 is 0 Å². The fourth-order valence-corrected chi connectivity index (χ4v) is 5.16. The molecule has 3 rings (SSSR count). The number of carbonyl (C=O) groups excluding carboxylic acids is 1. The Kier molecular flexibility index (Phi) is 7.27. The molecule has 2 aliphatic rings. The fourth-order valence-electron chi connectivity index (χ4n) is 5.16. The third-order valence-corrected chi connectivity index (χ3v) is 6.33. The van der Waals surface area contributed by atoms with Crippen molar-refractivity contribution in [2.75, 3.05) is 31.1 Å². The molecule has 1 atom stereocenters. The molecule has 0 saturated carbocycles. The zero-order valence-electron chi connectivity index (χ0n) is 16.5. The third-order valence-electron chi connectivity index (χ3n) is 6.33. The Bertz CT molecular complexity index is 597. The van der Waals surface area contributed by atoms with Crippen LogP contribution in [0.3, 0.4) is 0 Å². The van der Waals surface area contributed by atoms with Gasteiger partial charge in [-0.1, -0.05) is 17.7 Å². The molecule has 0 spiro atoms. The van der Waals surface area contributed by atoms with Gasteiger partial charge in [0.2, 0.25) is 0 Å². The van der Waals surface area contributed by atoms with Gasteiger partial charge in [-0.3, -0.25) is 4.79 Å². The zero-order valence-corrected chi connectivity index (χ0v) is 19.3.